The monoisotopic (exact) mass is 143 g/mol. The van der Waals surface area contributed by atoms with Gasteiger partial charge in [0, 0.05) is 26.1 Å². The van der Waals surface area contributed by atoms with Gasteiger partial charge in [0.25, 0.3) is 0 Å². The molecule has 0 amide bonds. The fourth-order valence-corrected chi connectivity index (χ4v) is 1.47. The van der Waals surface area contributed by atoms with Crippen LogP contribution in [0.2, 0.25) is 0 Å². The molecule has 60 valence electrons. The molecule has 1 aliphatic heterocycles. The Morgan fingerprint density at radius 3 is 2.70 bits per heavy atom. The lowest BCUT2D eigenvalue weighted by atomic mass is 9.83. The highest BCUT2D eigenvalue weighted by Gasteiger charge is 2.33. The molecule has 10 heavy (non-hydrogen) atoms. The summed E-state index contributed by atoms with van der Waals surface area (Å²) in [6.07, 6.45) is 0. The molecule has 2 heteroatoms. The molecule has 1 rings (SSSR count). The van der Waals surface area contributed by atoms with Crippen LogP contribution in [-0.2, 0) is 4.74 Å². The van der Waals surface area contributed by atoms with Gasteiger partial charge in [-0.05, 0) is 5.41 Å². The molecule has 0 aromatic rings. The van der Waals surface area contributed by atoms with Gasteiger partial charge in [-0.2, -0.15) is 0 Å². The minimum Gasteiger partial charge on any atom is -0.384 e. The highest BCUT2D eigenvalue weighted by Crippen LogP contribution is 2.29. The van der Waals surface area contributed by atoms with E-state index in [1.807, 2.05) is 0 Å². The van der Waals surface area contributed by atoms with Gasteiger partial charge in [-0.1, -0.05) is 13.8 Å². The van der Waals surface area contributed by atoms with E-state index in [1.165, 1.54) is 0 Å². The van der Waals surface area contributed by atoms with Gasteiger partial charge in [-0.15, -0.1) is 0 Å². The summed E-state index contributed by atoms with van der Waals surface area (Å²) >= 11 is 0. The van der Waals surface area contributed by atoms with Crippen LogP contribution in [0, 0.1) is 11.3 Å². The Kier molecular flexibility index (Phi) is 2.32. The number of nitrogens with one attached hydrogen (secondary N) is 1. The molecule has 0 radical (unpaired) electrons. The average Bonchev–Trinajstić information content (AvgIpc) is 2.13. The lowest BCUT2D eigenvalue weighted by Gasteiger charge is -2.24. The van der Waals surface area contributed by atoms with E-state index in [0.717, 1.165) is 19.7 Å². The van der Waals surface area contributed by atoms with Crippen LogP contribution in [0.1, 0.15) is 13.8 Å². The SMILES string of the molecule is COC[C@H]1CNCC1(C)C. The van der Waals surface area contributed by atoms with Gasteiger partial charge in [0.2, 0.25) is 0 Å². The summed E-state index contributed by atoms with van der Waals surface area (Å²) in [6, 6.07) is 0. The predicted molar refractivity (Wildman–Crippen MR) is 42.0 cm³/mol. The van der Waals surface area contributed by atoms with E-state index in [-0.39, 0.29) is 0 Å². The van der Waals surface area contributed by atoms with E-state index < -0.39 is 0 Å². The number of hydrogen-bond donors (Lipinski definition) is 1. The molecule has 0 spiro atoms. The minimum atomic E-state index is 0.427. The largest absolute Gasteiger partial charge is 0.384 e. The molecule has 0 aromatic carbocycles. The van der Waals surface area contributed by atoms with Gasteiger partial charge in [0.1, 0.15) is 0 Å². The van der Waals surface area contributed by atoms with Crippen molar-refractivity contribution in [2.75, 3.05) is 26.8 Å². The van der Waals surface area contributed by atoms with Crippen LogP contribution in [0.3, 0.4) is 0 Å². The lowest BCUT2D eigenvalue weighted by molar-refractivity contribution is 0.112. The van der Waals surface area contributed by atoms with E-state index in [4.69, 9.17) is 4.74 Å². The van der Waals surface area contributed by atoms with Gasteiger partial charge in [-0.3, -0.25) is 0 Å². The Morgan fingerprint density at radius 1 is 1.60 bits per heavy atom. The van der Waals surface area contributed by atoms with E-state index in [2.05, 4.69) is 19.2 Å². The Labute approximate surface area is 63.0 Å². The third kappa shape index (κ3) is 1.50. The fraction of sp³-hybridized carbons (Fsp3) is 1.00. The molecule has 0 saturated carbocycles. The van der Waals surface area contributed by atoms with E-state index in [1.54, 1.807) is 7.11 Å². The molecule has 1 heterocycles. The van der Waals surface area contributed by atoms with Crippen molar-refractivity contribution in [3.8, 4) is 0 Å². The standard InChI is InChI=1S/C8H17NO/c1-8(2)6-9-4-7(8)5-10-3/h7,9H,4-6H2,1-3H3/t7-/m1/s1. The number of hydrogen-bond acceptors (Lipinski definition) is 2. The van der Waals surface area contributed by atoms with Crippen molar-refractivity contribution in [2.45, 2.75) is 13.8 Å². The quantitative estimate of drug-likeness (QED) is 0.619. The third-order valence-corrected chi connectivity index (χ3v) is 2.44. The second kappa shape index (κ2) is 2.89. The van der Waals surface area contributed by atoms with Crippen molar-refractivity contribution in [1.82, 2.24) is 5.32 Å². The zero-order chi connectivity index (χ0) is 7.61. The Bertz CT molecular complexity index is 112. The van der Waals surface area contributed by atoms with Crippen molar-refractivity contribution >= 4 is 0 Å². The maximum Gasteiger partial charge on any atom is 0.0508 e. The second-order valence-corrected chi connectivity index (χ2v) is 3.77. The fourth-order valence-electron chi connectivity index (χ4n) is 1.47. The highest BCUT2D eigenvalue weighted by molar-refractivity contribution is 4.87. The summed E-state index contributed by atoms with van der Waals surface area (Å²) in [5.74, 6) is 0.692. The van der Waals surface area contributed by atoms with Crippen LogP contribution in [0.15, 0.2) is 0 Å². The number of rotatable bonds is 2. The van der Waals surface area contributed by atoms with Gasteiger partial charge in [0.15, 0.2) is 0 Å². The van der Waals surface area contributed by atoms with Gasteiger partial charge < -0.3 is 10.1 Å². The van der Waals surface area contributed by atoms with E-state index in [9.17, 15) is 0 Å². The predicted octanol–water partition coefficient (Wildman–Crippen LogP) is 0.878. The first kappa shape index (κ1) is 8.02. The maximum atomic E-state index is 5.12. The molecule has 1 aliphatic rings. The topological polar surface area (TPSA) is 21.3 Å². The maximum absolute atomic E-state index is 5.12. The molecule has 1 atom stereocenters. The summed E-state index contributed by atoms with van der Waals surface area (Å²) in [5, 5.41) is 3.37. The normalized spacial score (nSPS) is 30.9. The average molecular weight is 143 g/mol. The van der Waals surface area contributed by atoms with Crippen LogP contribution in [0.25, 0.3) is 0 Å². The van der Waals surface area contributed by atoms with Crippen molar-refractivity contribution in [2.24, 2.45) is 11.3 Å². The molecule has 2 nitrogen and oxygen atoms in total. The van der Waals surface area contributed by atoms with Crippen molar-refractivity contribution in [3.63, 3.8) is 0 Å². The zero-order valence-electron chi connectivity index (χ0n) is 7.11. The Hall–Kier alpha value is -0.0800. The third-order valence-electron chi connectivity index (χ3n) is 2.44. The molecular formula is C8H17NO. The van der Waals surface area contributed by atoms with E-state index in [0.29, 0.717) is 11.3 Å². The highest BCUT2D eigenvalue weighted by atomic mass is 16.5. The molecule has 0 unspecified atom stereocenters. The van der Waals surface area contributed by atoms with Crippen LogP contribution in [0.5, 0.6) is 0 Å². The molecule has 0 bridgehead atoms. The second-order valence-electron chi connectivity index (χ2n) is 3.77. The first-order valence-corrected chi connectivity index (χ1v) is 3.86. The molecule has 1 fully saturated rings. The van der Waals surface area contributed by atoms with Crippen LogP contribution < -0.4 is 5.32 Å². The number of methoxy groups -OCH3 is 1. The smallest absolute Gasteiger partial charge is 0.0508 e. The van der Waals surface area contributed by atoms with Crippen LogP contribution in [-0.4, -0.2) is 26.8 Å². The first-order chi connectivity index (χ1) is 4.67. The Balaban J connectivity index is 2.43. The molecule has 1 saturated heterocycles. The lowest BCUT2D eigenvalue weighted by Crippen LogP contribution is -2.25. The van der Waals surface area contributed by atoms with Crippen LogP contribution in [0.4, 0.5) is 0 Å². The van der Waals surface area contributed by atoms with Crippen molar-refractivity contribution in [3.05, 3.63) is 0 Å². The molecular weight excluding hydrogens is 126 g/mol. The zero-order valence-corrected chi connectivity index (χ0v) is 7.11. The van der Waals surface area contributed by atoms with Crippen LogP contribution >= 0.6 is 0 Å². The summed E-state index contributed by atoms with van der Waals surface area (Å²) in [4.78, 5) is 0. The summed E-state index contributed by atoms with van der Waals surface area (Å²) in [6.45, 7) is 7.70. The number of ether oxygens (including phenoxy) is 1. The van der Waals surface area contributed by atoms with Gasteiger partial charge >= 0.3 is 0 Å². The Morgan fingerprint density at radius 2 is 2.30 bits per heavy atom. The van der Waals surface area contributed by atoms with Gasteiger partial charge in [0.05, 0.1) is 6.61 Å². The molecule has 0 aliphatic carbocycles. The molecule has 1 N–H and O–H groups in total. The summed E-state index contributed by atoms with van der Waals surface area (Å²) in [5.41, 5.74) is 0.427. The van der Waals surface area contributed by atoms with Crippen molar-refractivity contribution < 1.29 is 4.74 Å². The van der Waals surface area contributed by atoms with Gasteiger partial charge in [-0.25, -0.2) is 0 Å². The van der Waals surface area contributed by atoms with E-state index >= 15 is 0 Å². The first-order valence-electron chi connectivity index (χ1n) is 3.86. The molecule has 0 aromatic heterocycles. The van der Waals surface area contributed by atoms with Crippen molar-refractivity contribution in [1.29, 1.82) is 0 Å². The summed E-state index contributed by atoms with van der Waals surface area (Å²) in [7, 11) is 1.77. The minimum absolute atomic E-state index is 0.427. The summed E-state index contributed by atoms with van der Waals surface area (Å²) < 4.78 is 5.12.